The van der Waals surface area contributed by atoms with E-state index in [2.05, 4.69) is 20.2 Å². The van der Waals surface area contributed by atoms with Gasteiger partial charge in [-0.3, -0.25) is 9.89 Å². The molecule has 0 aliphatic rings. The van der Waals surface area contributed by atoms with Crippen molar-refractivity contribution in [3.05, 3.63) is 28.2 Å². The third-order valence-corrected chi connectivity index (χ3v) is 2.51. The summed E-state index contributed by atoms with van der Waals surface area (Å²) >= 11 is 1.53. The smallest absolute Gasteiger partial charge is 0.205 e. The minimum atomic E-state index is -0.0900. The number of H-pyrrole nitrogens is 1. The largest absolute Gasteiger partial charge is 0.290 e. The Morgan fingerprint density at radius 3 is 3.07 bits per heavy atom. The Bertz CT molecular complexity index is 434. The van der Waals surface area contributed by atoms with Gasteiger partial charge in [-0.2, -0.15) is 5.10 Å². The molecule has 2 aromatic heterocycles. The van der Waals surface area contributed by atoms with Crippen molar-refractivity contribution in [3.8, 4) is 0 Å². The van der Waals surface area contributed by atoms with Gasteiger partial charge < -0.3 is 0 Å². The van der Waals surface area contributed by atoms with E-state index >= 15 is 0 Å². The summed E-state index contributed by atoms with van der Waals surface area (Å²) in [6.07, 6.45) is 1.60. The van der Waals surface area contributed by atoms with Crippen LogP contribution in [0.2, 0.25) is 0 Å². The lowest BCUT2D eigenvalue weighted by Gasteiger charge is -1.91. The topological polar surface area (TPSA) is 71.5 Å². The molecule has 2 rings (SSSR count). The number of aryl methyl sites for hydroxylation is 1. The normalized spacial score (nSPS) is 10.4. The lowest BCUT2D eigenvalue weighted by molar-refractivity contribution is 0.0982. The summed E-state index contributed by atoms with van der Waals surface area (Å²) in [6, 6.07) is 0. The molecule has 0 unspecified atom stereocenters. The van der Waals surface area contributed by atoms with Crippen LogP contribution >= 0.6 is 11.3 Å². The molecule has 0 aliphatic heterocycles. The van der Waals surface area contributed by atoms with Crippen LogP contribution in [-0.2, 0) is 6.42 Å². The van der Waals surface area contributed by atoms with Crippen LogP contribution in [0.1, 0.15) is 21.3 Å². The highest BCUT2D eigenvalue weighted by molar-refractivity contribution is 7.09. The molecule has 0 fully saturated rings. The fraction of sp³-hybridized carbons (Fsp3) is 0.250. The van der Waals surface area contributed by atoms with Gasteiger partial charge in [0.2, 0.25) is 5.78 Å². The van der Waals surface area contributed by atoms with Crippen LogP contribution in [0.15, 0.2) is 11.7 Å². The van der Waals surface area contributed by atoms with Gasteiger partial charge in [-0.1, -0.05) is 0 Å². The number of nitrogens with one attached hydrogen (secondary N) is 1. The number of hydrogen-bond acceptors (Lipinski definition) is 5. The van der Waals surface area contributed by atoms with Crippen molar-refractivity contribution in [2.24, 2.45) is 0 Å². The molecular formula is C8H8N4OS. The maximum absolute atomic E-state index is 11.5. The zero-order valence-corrected chi connectivity index (χ0v) is 8.34. The van der Waals surface area contributed by atoms with Crippen molar-refractivity contribution in [3.63, 3.8) is 0 Å². The summed E-state index contributed by atoms with van der Waals surface area (Å²) in [6.45, 7) is 1.91. The SMILES string of the molecule is Cc1nc(CC(=O)c2ncn[nH]2)cs1. The van der Waals surface area contributed by atoms with Gasteiger partial charge in [0, 0.05) is 5.38 Å². The van der Waals surface area contributed by atoms with Gasteiger partial charge in [0.25, 0.3) is 0 Å². The summed E-state index contributed by atoms with van der Waals surface area (Å²) in [5.74, 6) is 0.198. The Hall–Kier alpha value is -1.56. The first kappa shape index (κ1) is 9.01. The molecule has 2 heterocycles. The first-order valence-corrected chi connectivity index (χ1v) is 4.93. The molecule has 0 aliphatic carbocycles. The zero-order chi connectivity index (χ0) is 9.97. The second kappa shape index (κ2) is 3.67. The molecule has 0 bridgehead atoms. The van der Waals surface area contributed by atoms with Crippen LogP contribution in [0.3, 0.4) is 0 Å². The van der Waals surface area contributed by atoms with E-state index in [1.807, 2.05) is 12.3 Å². The van der Waals surface area contributed by atoms with Crippen LogP contribution in [0.25, 0.3) is 0 Å². The van der Waals surface area contributed by atoms with E-state index < -0.39 is 0 Å². The molecule has 0 radical (unpaired) electrons. The predicted molar refractivity (Wildman–Crippen MR) is 51.3 cm³/mol. The standard InChI is InChI=1S/C8H8N4OS/c1-5-11-6(3-14-5)2-7(13)8-9-4-10-12-8/h3-4H,2H2,1H3,(H,9,10,12). The molecule has 0 atom stereocenters. The molecule has 72 valence electrons. The third kappa shape index (κ3) is 1.85. The average molecular weight is 208 g/mol. The van der Waals surface area contributed by atoms with Crippen molar-refractivity contribution in [1.82, 2.24) is 20.2 Å². The molecule has 0 saturated heterocycles. The maximum Gasteiger partial charge on any atom is 0.205 e. The number of Topliss-reactive ketones (excluding diaryl/α,β-unsaturated/α-hetero) is 1. The van der Waals surface area contributed by atoms with E-state index in [4.69, 9.17) is 0 Å². The number of nitrogens with zero attached hydrogens (tertiary/aromatic N) is 3. The monoisotopic (exact) mass is 208 g/mol. The summed E-state index contributed by atoms with van der Waals surface area (Å²) in [5, 5.41) is 8.99. The van der Waals surface area contributed by atoms with E-state index in [1.165, 1.54) is 17.7 Å². The minimum Gasteiger partial charge on any atom is -0.290 e. The first-order valence-electron chi connectivity index (χ1n) is 4.05. The van der Waals surface area contributed by atoms with Crippen molar-refractivity contribution in [1.29, 1.82) is 0 Å². The van der Waals surface area contributed by atoms with Gasteiger partial charge in [0.05, 0.1) is 17.1 Å². The molecule has 14 heavy (non-hydrogen) atoms. The Kier molecular flexibility index (Phi) is 2.36. The highest BCUT2D eigenvalue weighted by Crippen LogP contribution is 2.09. The molecule has 0 spiro atoms. The first-order chi connectivity index (χ1) is 6.75. The number of thiazole rings is 1. The lowest BCUT2D eigenvalue weighted by Crippen LogP contribution is -2.06. The highest BCUT2D eigenvalue weighted by Gasteiger charge is 2.11. The molecular weight excluding hydrogens is 200 g/mol. The van der Waals surface area contributed by atoms with Crippen molar-refractivity contribution < 1.29 is 4.79 Å². The van der Waals surface area contributed by atoms with E-state index in [9.17, 15) is 4.79 Å². The quantitative estimate of drug-likeness (QED) is 0.764. The number of ketones is 1. The molecule has 0 amide bonds. The zero-order valence-electron chi connectivity index (χ0n) is 7.52. The van der Waals surface area contributed by atoms with Crippen molar-refractivity contribution in [2.45, 2.75) is 13.3 Å². The van der Waals surface area contributed by atoms with Crippen LogP contribution in [0.5, 0.6) is 0 Å². The number of aromatic nitrogens is 4. The average Bonchev–Trinajstić information content (AvgIpc) is 2.75. The molecule has 1 N–H and O–H groups in total. The van der Waals surface area contributed by atoms with Gasteiger partial charge in [-0.25, -0.2) is 9.97 Å². The van der Waals surface area contributed by atoms with Gasteiger partial charge in [0.1, 0.15) is 6.33 Å². The van der Waals surface area contributed by atoms with Crippen molar-refractivity contribution >= 4 is 17.1 Å². The van der Waals surface area contributed by atoms with Gasteiger partial charge in [0.15, 0.2) is 5.82 Å². The van der Waals surface area contributed by atoms with Gasteiger partial charge >= 0.3 is 0 Å². The number of hydrogen-bond donors (Lipinski definition) is 1. The van der Waals surface area contributed by atoms with E-state index in [0.717, 1.165) is 10.7 Å². The Balaban J connectivity index is 2.09. The molecule has 2 aromatic rings. The summed E-state index contributed by atoms with van der Waals surface area (Å²) in [7, 11) is 0. The second-order valence-electron chi connectivity index (χ2n) is 2.79. The second-order valence-corrected chi connectivity index (χ2v) is 3.85. The number of rotatable bonds is 3. The van der Waals surface area contributed by atoms with Crippen LogP contribution < -0.4 is 0 Å². The number of carbonyl (C=O) groups excluding carboxylic acids is 1. The Labute approximate surface area is 84.2 Å². The van der Waals surface area contributed by atoms with E-state index in [-0.39, 0.29) is 18.0 Å². The predicted octanol–water partition coefficient (Wildman–Crippen LogP) is 0.995. The van der Waals surface area contributed by atoms with Crippen LogP contribution in [-0.4, -0.2) is 25.9 Å². The summed E-state index contributed by atoms with van der Waals surface area (Å²) < 4.78 is 0. The number of aromatic amines is 1. The Morgan fingerprint density at radius 2 is 2.50 bits per heavy atom. The summed E-state index contributed by atoms with van der Waals surface area (Å²) in [4.78, 5) is 19.5. The van der Waals surface area contributed by atoms with Gasteiger partial charge in [-0.15, -0.1) is 11.3 Å². The highest BCUT2D eigenvalue weighted by atomic mass is 32.1. The van der Waals surface area contributed by atoms with Crippen LogP contribution in [0, 0.1) is 6.92 Å². The minimum absolute atomic E-state index is 0.0900. The molecule has 6 heteroatoms. The number of carbonyl (C=O) groups is 1. The fourth-order valence-corrected chi connectivity index (χ4v) is 1.69. The van der Waals surface area contributed by atoms with Gasteiger partial charge in [-0.05, 0) is 6.92 Å². The summed E-state index contributed by atoms with van der Waals surface area (Å²) in [5.41, 5.74) is 0.786. The third-order valence-electron chi connectivity index (χ3n) is 1.69. The molecule has 0 saturated carbocycles. The van der Waals surface area contributed by atoms with Crippen molar-refractivity contribution in [2.75, 3.05) is 0 Å². The fourth-order valence-electron chi connectivity index (χ4n) is 1.08. The molecule has 5 nitrogen and oxygen atoms in total. The maximum atomic E-state index is 11.5. The van der Waals surface area contributed by atoms with E-state index in [1.54, 1.807) is 0 Å². The van der Waals surface area contributed by atoms with E-state index in [0.29, 0.717) is 0 Å². The Morgan fingerprint density at radius 1 is 1.64 bits per heavy atom. The lowest BCUT2D eigenvalue weighted by atomic mass is 10.2. The molecule has 0 aromatic carbocycles. The van der Waals surface area contributed by atoms with Crippen LogP contribution in [0.4, 0.5) is 0 Å².